The molecule has 0 saturated heterocycles. The number of hydrogen-bond acceptors (Lipinski definition) is 3. The molecule has 0 atom stereocenters. The van der Waals surface area contributed by atoms with E-state index in [4.69, 9.17) is 9.97 Å². The predicted molar refractivity (Wildman–Crippen MR) is 272 cm³/mol. The average Bonchev–Trinajstić information content (AvgIpc) is 3.88. The smallest absolute Gasteiger partial charge is 0.160 e. The summed E-state index contributed by atoms with van der Waals surface area (Å²) in [5.41, 5.74) is 17.8. The van der Waals surface area contributed by atoms with E-state index in [9.17, 15) is 5.26 Å². The van der Waals surface area contributed by atoms with Crippen molar-refractivity contribution in [1.29, 1.82) is 5.26 Å². The number of para-hydroxylation sites is 2. The van der Waals surface area contributed by atoms with Gasteiger partial charge in [0.25, 0.3) is 0 Å². The minimum Gasteiger partial charge on any atom is -0.307 e. The van der Waals surface area contributed by atoms with Crippen LogP contribution in [0.15, 0.2) is 212 Å². The molecular weight excluding hydrogens is 803 g/mol. The van der Waals surface area contributed by atoms with Gasteiger partial charge in [0, 0.05) is 38.2 Å². The summed E-state index contributed by atoms with van der Waals surface area (Å²) in [6.07, 6.45) is 0. The Morgan fingerprint density at radius 2 is 0.818 bits per heavy atom. The molecule has 5 nitrogen and oxygen atoms in total. The Bertz CT molecular complexity index is 3850. The van der Waals surface area contributed by atoms with Gasteiger partial charge in [0.1, 0.15) is 0 Å². The van der Waals surface area contributed by atoms with E-state index in [0.717, 1.165) is 82.9 Å². The van der Waals surface area contributed by atoms with Gasteiger partial charge in [0.05, 0.1) is 56.5 Å². The summed E-state index contributed by atoms with van der Waals surface area (Å²) in [4.78, 5) is 10.4. The molecule has 0 aliphatic heterocycles. The first-order valence-corrected chi connectivity index (χ1v) is 22.3. The van der Waals surface area contributed by atoms with E-state index in [0.29, 0.717) is 17.1 Å². The molecule has 0 bridgehead atoms. The van der Waals surface area contributed by atoms with Crippen LogP contribution in [0.2, 0.25) is 0 Å². The Labute approximate surface area is 382 Å². The second-order valence-corrected chi connectivity index (χ2v) is 17.0. The highest BCUT2D eigenvalue weighted by atomic mass is 15.1. The van der Waals surface area contributed by atoms with Crippen molar-refractivity contribution in [2.24, 2.45) is 0 Å². The molecule has 0 saturated carbocycles. The summed E-state index contributed by atoms with van der Waals surface area (Å²) in [7, 11) is 0. The number of hydrogen-bond donors (Lipinski definition) is 0. The van der Waals surface area contributed by atoms with E-state index >= 15 is 0 Å². The molecule has 0 spiro atoms. The molecule has 3 heterocycles. The van der Waals surface area contributed by atoms with E-state index in [1.54, 1.807) is 0 Å². The Balaban J connectivity index is 1.19. The van der Waals surface area contributed by atoms with Crippen molar-refractivity contribution in [2.75, 3.05) is 0 Å². The molecule has 0 unspecified atom stereocenters. The molecule has 0 fully saturated rings. The van der Waals surface area contributed by atoms with Crippen LogP contribution in [0.3, 0.4) is 0 Å². The quantitative estimate of drug-likeness (QED) is 0.161. The summed E-state index contributed by atoms with van der Waals surface area (Å²) in [5, 5.41) is 15.9. The third-order valence-electron chi connectivity index (χ3n) is 13.1. The van der Waals surface area contributed by atoms with Crippen LogP contribution in [0.5, 0.6) is 0 Å². The molecule has 5 heteroatoms. The molecule has 66 heavy (non-hydrogen) atoms. The summed E-state index contributed by atoms with van der Waals surface area (Å²) in [5.74, 6) is 0.592. The minimum absolute atomic E-state index is 0.510. The number of nitrogens with zero attached hydrogens (tertiary/aromatic N) is 5. The van der Waals surface area contributed by atoms with Crippen molar-refractivity contribution in [3.05, 3.63) is 229 Å². The number of rotatable bonds is 7. The number of fused-ring (bicyclic) bond motifs is 6. The number of aryl methyl sites for hydroxylation is 2. The van der Waals surface area contributed by atoms with Gasteiger partial charge in [-0.2, -0.15) is 5.26 Å². The lowest BCUT2D eigenvalue weighted by Crippen LogP contribution is -2.06. The molecular formula is C61H41N5. The van der Waals surface area contributed by atoms with Gasteiger partial charge in [-0.15, -0.1) is 0 Å². The summed E-state index contributed by atoms with van der Waals surface area (Å²) in [6.45, 7) is 4.33. The maximum Gasteiger partial charge on any atom is 0.160 e. The Morgan fingerprint density at radius 1 is 0.364 bits per heavy atom. The second-order valence-electron chi connectivity index (χ2n) is 17.0. The third-order valence-corrected chi connectivity index (χ3v) is 13.1. The Morgan fingerprint density at radius 3 is 1.36 bits per heavy atom. The minimum atomic E-state index is 0.510. The van der Waals surface area contributed by atoms with Crippen LogP contribution >= 0.6 is 0 Å². The fourth-order valence-electron chi connectivity index (χ4n) is 9.89. The number of benzene rings is 9. The van der Waals surface area contributed by atoms with E-state index in [-0.39, 0.29) is 0 Å². The predicted octanol–water partition coefficient (Wildman–Crippen LogP) is 15.5. The largest absolute Gasteiger partial charge is 0.307 e. The fraction of sp³-hybridized carbons (Fsp3) is 0.0328. The maximum atomic E-state index is 11.3. The van der Waals surface area contributed by atoms with Gasteiger partial charge in [-0.05, 0) is 102 Å². The Kier molecular flexibility index (Phi) is 9.25. The van der Waals surface area contributed by atoms with Crippen molar-refractivity contribution in [3.63, 3.8) is 0 Å². The lowest BCUT2D eigenvalue weighted by Gasteiger charge is -2.20. The maximum absolute atomic E-state index is 11.3. The zero-order chi connectivity index (χ0) is 44.3. The summed E-state index contributed by atoms with van der Waals surface area (Å²) < 4.78 is 4.73. The van der Waals surface area contributed by atoms with Crippen LogP contribution in [0.25, 0.3) is 111 Å². The third kappa shape index (κ3) is 6.38. The molecule has 0 aliphatic rings. The molecule has 12 aromatic rings. The van der Waals surface area contributed by atoms with E-state index in [1.807, 2.05) is 54.6 Å². The number of aromatic nitrogens is 4. The monoisotopic (exact) mass is 843 g/mol. The summed E-state index contributed by atoms with van der Waals surface area (Å²) in [6, 6.07) is 77.2. The fourth-order valence-corrected chi connectivity index (χ4v) is 9.89. The molecule has 3 aromatic heterocycles. The van der Waals surface area contributed by atoms with Gasteiger partial charge in [-0.25, -0.2) is 9.97 Å². The van der Waals surface area contributed by atoms with Crippen LogP contribution in [0.4, 0.5) is 0 Å². The second kappa shape index (κ2) is 15.7. The lowest BCUT2D eigenvalue weighted by molar-refractivity contribution is 1.09. The molecule has 0 amide bonds. The molecule has 0 aliphatic carbocycles. The van der Waals surface area contributed by atoms with E-state index in [2.05, 4.69) is 187 Å². The van der Waals surface area contributed by atoms with Gasteiger partial charge in [-0.3, -0.25) is 0 Å². The zero-order valence-electron chi connectivity index (χ0n) is 36.4. The van der Waals surface area contributed by atoms with Crippen LogP contribution in [0, 0.1) is 25.2 Å². The van der Waals surface area contributed by atoms with Gasteiger partial charge >= 0.3 is 0 Å². The van der Waals surface area contributed by atoms with Crippen molar-refractivity contribution in [2.45, 2.75) is 13.8 Å². The first-order valence-electron chi connectivity index (χ1n) is 22.3. The highest BCUT2D eigenvalue weighted by molar-refractivity contribution is 6.13. The van der Waals surface area contributed by atoms with Gasteiger partial charge in [-0.1, -0.05) is 158 Å². The van der Waals surface area contributed by atoms with E-state index < -0.39 is 0 Å². The topological polar surface area (TPSA) is 59.4 Å². The highest BCUT2D eigenvalue weighted by Crippen LogP contribution is 2.43. The van der Waals surface area contributed by atoms with Gasteiger partial charge < -0.3 is 9.13 Å². The Hall–Kier alpha value is -8.85. The van der Waals surface area contributed by atoms with Gasteiger partial charge in [0.15, 0.2) is 5.82 Å². The van der Waals surface area contributed by atoms with Crippen LogP contribution in [0.1, 0.15) is 16.7 Å². The average molecular weight is 844 g/mol. The van der Waals surface area contributed by atoms with Crippen LogP contribution < -0.4 is 0 Å². The van der Waals surface area contributed by atoms with Crippen molar-refractivity contribution < 1.29 is 0 Å². The first-order chi connectivity index (χ1) is 32.5. The van der Waals surface area contributed by atoms with Crippen LogP contribution in [-0.4, -0.2) is 19.1 Å². The standard InChI is InChI=1S/C61H41N5/c1-39-17-9-11-23-46(39)43-29-31-57-51(33-43)48-25-13-15-27-55(48)65(57)59-35-45(38-62)50(54-37-53(41-19-5-3-6-20-41)63-61(64-54)42-21-7-4-8-22-42)36-60(59)66-56-28-16-14-26-49(56)52-34-44(30-32-58(52)66)47-24-12-10-18-40(47)2/h3-37H,1-2H3. The van der Waals surface area contributed by atoms with Crippen molar-refractivity contribution in [3.8, 4) is 73.6 Å². The molecule has 0 N–H and O–H groups in total. The zero-order valence-corrected chi connectivity index (χ0v) is 36.4. The molecule has 0 radical (unpaired) electrons. The SMILES string of the molecule is Cc1ccccc1-c1ccc2c(c1)c1ccccc1n2-c1cc(C#N)c(-c2cc(-c3ccccc3)nc(-c3ccccc3)n2)cc1-n1c2ccccc2c2cc(-c3ccccc3C)ccc21. The lowest BCUT2D eigenvalue weighted by atomic mass is 9.98. The van der Waals surface area contributed by atoms with E-state index in [1.165, 1.54) is 27.8 Å². The normalized spacial score (nSPS) is 11.5. The first kappa shape index (κ1) is 38.8. The van der Waals surface area contributed by atoms with Gasteiger partial charge in [0.2, 0.25) is 0 Å². The van der Waals surface area contributed by atoms with Crippen molar-refractivity contribution >= 4 is 43.6 Å². The highest BCUT2D eigenvalue weighted by Gasteiger charge is 2.24. The molecule has 12 rings (SSSR count). The molecule has 9 aromatic carbocycles. The molecule has 310 valence electrons. The number of nitriles is 1. The van der Waals surface area contributed by atoms with Crippen molar-refractivity contribution in [1.82, 2.24) is 19.1 Å². The van der Waals surface area contributed by atoms with Crippen LogP contribution in [-0.2, 0) is 0 Å². The summed E-state index contributed by atoms with van der Waals surface area (Å²) >= 11 is 0.